The Balaban J connectivity index is 1.83. The van der Waals surface area contributed by atoms with Crippen LogP contribution in [0.4, 0.5) is 0 Å². The van der Waals surface area contributed by atoms with Crippen molar-refractivity contribution in [1.82, 2.24) is 0 Å². The number of aryl methyl sites for hydroxylation is 1. The molecule has 2 heteroatoms. The van der Waals surface area contributed by atoms with E-state index in [1.54, 1.807) is 5.56 Å². The molecule has 0 N–H and O–H groups in total. The first-order valence-electron chi connectivity index (χ1n) is 15.6. The molecule has 0 spiro atoms. The predicted molar refractivity (Wildman–Crippen MR) is 181 cm³/mol. The van der Waals surface area contributed by atoms with Crippen molar-refractivity contribution < 1.29 is 0 Å². The highest BCUT2D eigenvalue weighted by Gasteiger charge is 2.41. The summed E-state index contributed by atoms with van der Waals surface area (Å²) in [5, 5.41) is 6.39. The Kier molecular flexibility index (Phi) is 9.07. The van der Waals surface area contributed by atoms with Crippen LogP contribution in [0.2, 0.25) is 0 Å². The molecule has 0 bridgehead atoms. The lowest BCUT2D eigenvalue weighted by molar-refractivity contribution is 0.487. The van der Waals surface area contributed by atoms with Crippen LogP contribution in [0.15, 0.2) is 115 Å². The zero-order valence-corrected chi connectivity index (χ0v) is 25.9. The Morgan fingerprint density at radius 3 is 1.27 bits per heavy atom. The highest BCUT2D eigenvalue weighted by atomic mass is 31.2. The Bertz CT molecular complexity index is 1290. The highest BCUT2D eigenvalue weighted by molar-refractivity contribution is 8.07. The molecule has 2 aliphatic carbocycles. The second kappa shape index (κ2) is 13.1. The van der Waals surface area contributed by atoms with Crippen LogP contribution >= 0.6 is 14.8 Å². The van der Waals surface area contributed by atoms with E-state index < -0.39 is 6.89 Å². The molecule has 4 aromatic rings. The lowest BCUT2D eigenvalue weighted by Crippen LogP contribution is -2.34. The van der Waals surface area contributed by atoms with Crippen LogP contribution in [0, 0.1) is 6.92 Å². The maximum absolute atomic E-state index is 2.50. The summed E-state index contributed by atoms with van der Waals surface area (Å²) in [6, 6.07) is 44.5. The molecule has 0 radical (unpaired) electrons. The van der Waals surface area contributed by atoms with Gasteiger partial charge in [-0.2, -0.15) is 0 Å². The Labute approximate surface area is 244 Å². The number of hydrogen-bond acceptors (Lipinski definition) is 0. The molecule has 2 saturated carbocycles. The van der Waals surface area contributed by atoms with E-state index in [4.69, 9.17) is 0 Å². The third-order valence-corrected chi connectivity index (χ3v) is 18.3. The van der Waals surface area contributed by atoms with Gasteiger partial charge >= 0.3 is 0 Å². The van der Waals surface area contributed by atoms with Crippen molar-refractivity contribution in [1.29, 1.82) is 0 Å². The van der Waals surface area contributed by atoms with E-state index in [1.807, 2.05) is 5.03 Å². The van der Waals surface area contributed by atoms with E-state index in [0.717, 1.165) is 11.3 Å². The molecule has 2 aliphatic rings. The fourth-order valence-corrected chi connectivity index (χ4v) is 18.6. The lowest BCUT2D eigenvalue weighted by atomic mass is 9.99. The van der Waals surface area contributed by atoms with E-state index in [-0.39, 0.29) is 7.92 Å². The predicted octanol–water partition coefficient (Wildman–Crippen LogP) is 9.61. The normalized spacial score (nSPS) is 17.1. The second-order valence-corrected chi connectivity index (χ2v) is 18.2. The van der Waals surface area contributed by atoms with Crippen molar-refractivity contribution in [2.75, 3.05) is 0 Å². The molecule has 0 aliphatic heterocycles. The topological polar surface area (TPSA) is 0 Å². The van der Waals surface area contributed by atoms with E-state index in [2.05, 4.69) is 122 Å². The van der Waals surface area contributed by atoms with Gasteiger partial charge in [0.1, 0.15) is 0 Å². The molecule has 6 rings (SSSR count). The molecule has 0 nitrogen and oxygen atoms in total. The standard InChI is InChI=1S/C38H44P2/c1-31-19-17-18-30-37(31)38(39(32-20-7-2-8-21-32)33-22-9-3-10-23-33)40(34-24-11-4-12-25-34,35-26-13-5-14-27-35)36-28-15-6-16-29-36/h4-6,11-19,24-30,32-33H,2-3,7-10,20-23H2,1H3. The molecule has 0 amide bonds. The third kappa shape index (κ3) is 5.43. The smallest absolute Gasteiger partial charge is 0.00599 e. The summed E-state index contributed by atoms with van der Waals surface area (Å²) in [5.74, 6) is 0. The summed E-state index contributed by atoms with van der Waals surface area (Å²) >= 11 is 0. The molecule has 0 saturated heterocycles. The van der Waals surface area contributed by atoms with Gasteiger partial charge in [0.15, 0.2) is 0 Å². The van der Waals surface area contributed by atoms with Crippen LogP contribution < -0.4 is 15.9 Å². The Morgan fingerprint density at radius 1 is 0.500 bits per heavy atom. The van der Waals surface area contributed by atoms with Crippen molar-refractivity contribution in [3.8, 4) is 0 Å². The lowest BCUT2D eigenvalue weighted by Gasteiger charge is -2.45. The van der Waals surface area contributed by atoms with Crippen LogP contribution in [0.25, 0.3) is 0 Å². The van der Waals surface area contributed by atoms with Gasteiger partial charge in [-0.05, 0) is 82.9 Å². The van der Waals surface area contributed by atoms with Gasteiger partial charge in [0.2, 0.25) is 0 Å². The van der Waals surface area contributed by atoms with Crippen LogP contribution in [-0.2, 0) is 0 Å². The molecule has 0 atom stereocenters. The molecule has 4 aromatic carbocycles. The van der Waals surface area contributed by atoms with Crippen molar-refractivity contribution in [3.63, 3.8) is 0 Å². The van der Waals surface area contributed by atoms with Crippen LogP contribution in [0.1, 0.15) is 75.3 Å². The van der Waals surface area contributed by atoms with E-state index >= 15 is 0 Å². The Hall–Kier alpha value is -2.39. The molecular formula is C38H44P2. The van der Waals surface area contributed by atoms with Gasteiger partial charge in [-0.1, -0.05) is 162 Å². The minimum atomic E-state index is -2.16. The highest BCUT2D eigenvalue weighted by Crippen LogP contribution is 2.65. The van der Waals surface area contributed by atoms with Gasteiger partial charge in [-0.3, -0.25) is 0 Å². The average Bonchev–Trinajstić information content (AvgIpc) is 3.04. The Morgan fingerprint density at radius 2 is 0.875 bits per heavy atom. The summed E-state index contributed by atoms with van der Waals surface area (Å²) < 4.78 is 0. The summed E-state index contributed by atoms with van der Waals surface area (Å²) in [6.45, 7) is 0.219. The third-order valence-electron chi connectivity index (χ3n) is 9.31. The molecule has 0 unspecified atom stereocenters. The van der Waals surface area contributed by atoms with Gasteiger partial charge in [-0.15, -0.1) is 0 Å². The zero-order valence-electron chi connectivity index (χ0n) is 24.1. The average molecular weight is 563 g/mol. The van der Waals surface area contributed by atoms with Gasteiger partial charge in [0.05, 0.1) is 0 Å². The molecular weight excluding hydrogens is 518 g/mol. The van der Waals surface area contributed by atoms with Gasteiger partial charge in [0, 0.05) is 0 Å². The summed E-state index contributed by atoms with van der Waals surface area (Å²) in [7, 11) is -0.346. The summed E-state index contributed by atoms with van der Waals surface area (Å²) in [4.78, 5) is 0. The van der Waals surface area contributed by atoms with Crippen LogP contribution in [0.5, 0.6) is 0 Å². The molecule has 206 valence electrons. The maximum atomic E-state index is 2.50. The summed E-state index contributed by atoms with van der Waals surface area (Å²) in [5.41, 5.74) is 4.66. The molecule has 0 aromatic heterocycles. The first-order chi connectivity index (χ1) is 19.8. The van der Waals surface area contributed by atoms with E-state index in [9.17, 15) is 0 Å². The second-order valence-electron chi connectivity index (χ2n) is 11.8. The number of hydrogen-bond donors (Lipinski definition) is 0. The largest absolute Gasteiger partial charge is 0.0671 e. The first kappa shape index (κ1) is 27.8. The van der Waals surface area contributed by atoms with Crippen molar-refractivity contribution in [3.05, 3.63) is 126 Å². The van der Waals surface area contributed by atoms with Crippen LogP contribution in [0.3, 0.4) is 0 Å². The molecule has 40 heavy (non-hydrogen) atoms. The maximum Gasteiger partial charge on any atom is -0.00599 e. The number of benzene rings is 4. The SMILES string of the molecule is Cc1ccccc1C(P(C1CCCCC1)C1CCCCC1)=P(c1ccccc1)(c1ccccc1)c1ccccc1. The minimum absolute atomic E-state index is 0.346. The van der Waals surface area contributed by atoms with Crippen molar-refractivity contribution in [2.45, 2.75) is 82.4 Å². The number of rotatable bonds is 7. The fraction of sp³-hybridized carbons (Fsp3) is 0.342. The molecule has 0 heterocycles. The van der Waals surface area contributed by atoms with Crippen LogP contribution in [-0.4, -0.2) is 16.4 Å². The van der Waals surface area contributed by atoms with E-state index in [1.165, 1.54) is 85.7 Å². The quantitative estimate of drug-likeness (QED) is 0.197. The van der Waals surface area contributed by atoms with Gasteiger partial charge in [-0.25, -0.2) is 0 Å². The molecule has 2 fully saturated rings. The van der Waals surface area contributed by atoms with Crippen molar-refractivity contribution >= 4 is 35.8 Å². The van der Waals surface area contributed by atoms with Gasteiger partial charge < -0.3 is 0 Å². The minimum Gasteiger partial charge on any atom is -0.0671 e. The monoisotopic (exact) mass is 562 g/mol. The van der Waals surface area contributed by atoms with Crippen molar-refractivity contribution in [2.24, 2.45) is 0 Å². The van der Waals surface area contributed by atoms with Gasteiger partial charge in [0.25, 0.3) is 0 Å². The van der Waals surface area contributed by atoms with E-state index in [0.29, 0.717) is 0 Å². The zero-order chi connectivity index (χ0) is 27.2. The summed E-state index contributed by atoms with van der Waals surface area (Å²) in [6.07, 6.45) is 14.1. The first-order valence-corrected chi connectivity index (χ1v) is 18.8. The fourth-order valence-electron chi connectivity index (χ4n) is 7.45.